The molecule has 2 atom stereocenters. The van der Waals surface area contributed by atoms with Gasteiger partial charge in [-0.15, -0.1) is 10.2 Å². The average molecular weight is 461 g/mol. The second kappa shape index (κ2) is 9.44. The van der Waals surface area contributed by atoms with Crippen LogP contribution in [0.4, 0.5) is 20.4 Å². The number of hydrogen-bond donors (Lipinski definition) is 3. The number of nitrogens with zero attached hydrogens (tertiary/aromatic N) is 4. The van der Waals surface area contributed by atoms with Crippen molar-refractivity contribution in [3.63, 3.8) is 0 Å². The molecule has 1 saturated heterocycles. The molecule has 0 saturated carbocycles. The monoisotopic (exact) mass is 461 g/mol. The lowest BCUT2D eigenvalue weighted by Gasteiger charge is -2.27. The van der Waals surface area contributed by atoms with Gasteiger partial charge in [0.25, 0.3) is 5.91 Å². The van der Waals surface area contributed by atoms with Gasteiger partial charge >= 0.3 is 0 Å². The molecule has 1 amide bonds. The van der Waals surface area contributed by atoms with Gasteiger partial charge in [0.2, 0.25) is 0 Å². The molecule has 172 valence electrons. The number of aromatic nitrogens is 4. The Morgan fingerprint density at radius 3 is 2.71 bits per heavy atom. The van der Waals surface area contributed by atoms with Gasteiger partial charge in [-0.1, -0.05) is 6.07 Å². The number of alkyl halides is 1. The van der Waals surface area contributed by atoms with E-state index < -0.39 is 17.9 Å². The van der Waals surface area contributed by atoms with Gasteiger partial charge in [-0.25, -0.2) is 13.8 Å². The van der Waals surface area contributed by atoms with Crippen LogP contribution >= 0.6 is 0 Å². The van der Waals surface area contributed by atoms with Crippen LogP contribution in [0.25, 0.3) is 22.2 Å². The Labute approximate surface area is 193 Å². The molecule has 0 aliphatic carbocycles. The summed E-state index contributed by atoms with van der Waals surface area (Å²) in [7, 11) is 0. The highest BCUT2D eigenvalue weighted by Crippen LogP contribution is 2.24. The summed E-state index contributed by atoms with van der Waals surface area (Å²) in [6, 6.07) is 12.1. The van der Waals surface area contributed by atoms with E-state index in [1.165, 1.54) is 24.3 Å². The van der Waals surface area contributed by atoms with Crippen LogP contribution in [0.1, 0.15) is 16.8 Å². The molecule has 10 heteroatoms. The largest absolute Gasteiger partial charge is 0.363 e. The van der Waals surface area contributed by atoms with Gasteiger partial charge in [0.1, 0.15) is 17.8 Å². The summed E-state index contributed by atoms with van der Waals surface area (Å²) in [6.45, 7) is 1.06. The first-order valence-corrected chi connectivity index (χ1v) is 10.8. The number of fused-ring (bicyclic) bond motifs is 1. The lowest BCUT2D eigenvalue weighted by Crippen LogP contribution is -2.45. The molecule has 1 aliphatic rings. The predicted octanol–water partition coefficient (Wildman–Crippen LogP) is 3.59. The molecule has 1 aliphatic heterocycles. The van der Waals surface area contributed by atoms with Crippen LogP contribution in [0.3, 0.4) is 0 Å². The van der Waals surface area contributed by atoms with Crippen molar-refractivity contribution >= 4 is 28.4 Å². The summed E-state index contributed by atoms with van der Waals surface area (Å²) in [5.41, 5.74) is 2.35. The molecular weight excluding hydrogens is 440 g/mol. The fraction of sp³-hybridized carbons (Fsp3) is 0.208. The molecule has 2 aromatic heterocycles. The number of piperidine rings is 1. The molecular formula is C24H21F2N7O. The van der Waals surface area contributed by atoms with Crippen LogP contribution in [0.15, 0.2) is 60.9 Å². The van der Waals surface area contributed by atoms with Crippen molar-refractivity contribution in [3.05, 3.63) is 72.3 Å². The molecule has 1 fully saturated rings. The highest BCUT2D eigenvalue weighted by atomic mass is 19.1. The molecule has 3 N–H and O–H groups in total. The second-order valence-corrected chi connectivity index (χ2v) is 8.01. The van der Waals surface area contributed by atoms with Crippen molar-refractivity contribution in [1.82, 2.24) is 25.5 Å². The lowest BCUT2D eigenvalue weighted by atomic mass is 10.1. The van der Waals surface area contributed by atoms with Crippen molar-refractivity contribution in [3.8, 4) is 11.3 Å². The minimum Gasteiger partial charge on any atom is -0.363 e. The topological polar surface area (TPSA) is 105 Å². The highest BCUT2D eigenvalue weighted by molar-refractivity contribution is 6.04. The maximum Gasteiger partial charge on any atom is 0.256 e. The minimum atomic E-state index is -0.998. The van der Waals surface area contributed by atoms with E-state index in [1.807, 2.05) is 12.1 Å². The molecule has 5 rings (SSSR count). The van der Waals surface area contributed by atoms with E-state index in [1.54, 1.807) is 24.5 Å². The number of hydrogen-bond acceptors (Lipinski definition) is 7. The summed E-state index contributed by atoms with van der Waals surface area (Å²) in [6.07, 6.45) is 2.87. The molecule has 0 unspecified atom stereocenters. The molecule has 34 heavy (non-hydrogen) atoms. The molecule has 3 heterocycles. The first-order valence-electron chi connectivity index (χ1n) is 10.8. The summed E-state index contributed by atoms with van der Waals surface area (Å²) in [5.74, 6) is -0.0663. The van der Waals surface area contributed by atoms with Crippen molar-refractivity contribution in [1.29, 1.82) is 0 Å². The Balaban J connectivity index is 1.37. The molecule has 8 nitrogen and oxygen atoms in total. The summed E-state index contributed by atoms with van der Waals surface area (Å²) < 4.78 is 27.3. The zero-order valence-corrected chi connectivity index (χ0v) is 18.0. The normalized spacial score (nSPS) is 17.9. The number of carbonyl (C=O) groups excluding carboxylic acids is 1. The maximum absolute atomic E-state index is 14.2. The third-order valence-corrected chi connectivity index (χ3v) is 5.60. The zero-order valence-electron chi connectivity index (χ0n) is 18.0. The fourth-order valence-corrected chi connectivity index (χ4v) is 3.80. The van der Waals surface area contributed by atoms with Crippen molar-refractivity contribution in [2.24, 2.45) is 0 Å². The number of carbonyl (C=O) groups is 1. The first-order chi connectivity index (χ1) is 16.5. The van der Waals surface area contributed by atoms with E-state index in [9.17, 15) is 13.6 Å². The van der Waals surface area contributed by atoms with E-state index in [0.29, 0.717) is 35.6 Å². The average Bonchev–Trinajstić information content (AvgIpc) is 2.85. The number of halogens is 2. The highest BCUT2D eigenvalue weighted by Gasteiger charge is 2.24. The molecule has 0 bridgehead atoms. The van der Waals surface area contributed by atoms with Crippen LogP contribution in [0, 0.1) is 5.82 Å². The fourth-order valence-electron chi connectivity index (χ4n) is 3.80. The van der Waals surface area contributed by atoms with Crippen molar-refractivity contribution in [2.45, 2.75) is 18.6 Å². The first kappa shape index (κ1) is 21.8. The van der Waals surface area contributed by atoms with Gasteiger partial charge in [-0.2, -0.15) is 0 Å². The number of rotatable bonds is 5. The smallest absolute Gasteiger partial charge is 0.256 e. The predicted molar refractivity (Wildman–Crippen MR) is 125 cm³/mol. The van der Waals surface area contributed by atoms with E-state index >= 15 is 0 Å². The SMILES string of the molecule is O=C(Nc1cc2cc(-c3cncc(N[C@H]4CCNC[C@@H]4F)n3)ccc2nn1)c1ccc(F)cc1. The van der Waals surface area contributed by atoms with Gasteiger partial charge in [0, 0.05) is 23.1 Å². The Bertz CT molecular complexity index is 1330. The third kappa shape index (κ3) is 4.81. The molecule has 4 aromatic rings. The van der Waals surface area contributed by atoms with Gasteiger partial charge in [-0.3, -0.25) is 9.78 Å². The molecule has 0 spiro atoms. The van der Waals surface area contributed by atoms with Gasteiger partial charge in [0.05, 0.1) is 29.6 Å². The number of amides is 1. The summed E-state index contributed by atoms with van der Waals surface area (Å²) in [5, 5.41) is 17.8. The van der Waals surface area contributed by atoms with E-state index in [4.69, 9.17) is 0 Å². The lowest BCUT2D eigenvalue weighted by molar-refractivity contribution is 0.102. The maximum atomic E-state index is 14.2. The van der Waals surface area contributed by atoms with Crippen LogP contribution in [-0.2, 0) is 0 Å². The van der Waals surface area contributed by atoms with E-state index in [0.717, 1.165) is 17.5 Å². The standard InChI is InChI=1S/C24H21F2N7O/c25-17-4-1-14(2-5-17)24(34)31-22-10-16-9-15(3-6-19(16)32-33-22)21-12-28-13-23(30-21)29-20-7-8-27-11-18(20)26/h1-6,9-10,12-13,18,20,27H,7-8,11H2,(H,29,30)(H,31,33,34)/t18-,20-/m0/s1. The van der Waals surface area contributed by atoms with Crippen LogP contribution in [0.5, 0.6) is 0 Å². The quantitative estimate of drug-likeness (QED) is 0.417. The molecule has 2 aromatic carbocycles. The van der Waals surface area contributed by atoms with Crippen LogP contribution < -0.4 is 16.0 Å². The Morgan fingerprint density at radius 1 is 1.03 bits per heavy atom. The van der Waals surface area contributed by atoms with Crippen LogP contribution in [-0.4, -0.2) is 51.4 Å². The van der Waals surface area contributed by atoms with E-state index in [2.05, 4.69) is 36.1 Å². The Hall–Kier alpha value is -4.05. The van der Waals surface area contributed by atoms with Gasteiger partial charge < -0.3 is 16.0 Å². The Morgan fingerprint density at radius 2 is 1.88 bits per heavy atom. The minimum absolute atomic E-state index is 0.264. The van der Waals surface area contributed by atoms with Crippen molar-refractivity contribution < 1.29 is 13.6 Å². The number of benzene rings is 2. The number of anilines is 2. The van der Waals surface area contributed by atoms with Gasteiger partial charge in [-0.05, 0) is 55.4 Å². The second-order valence-electron chi connectivity index (χ2n) is 8.01. The summed E-state index contributed by atoms with van der Waals surface area (Å²) in [4.78, 5) is 21.3. The zero-order chi connectivity index (χ0) is 23.5. The number of nitrogens with one attached hydrogen (secondary N) is 3. The van der Waals surface area contributed by atoms with Crippen LogP contribution in [0.2, 0.25) is 0 Å². The van der Waals surface area contributed by atoms with E-state index in [-0.39, 0.29) is 11.9 Å². The van der Waals surface area contributed by atoms with Crippen molar-refractivity contribution in [2.75, 3.05) is 23.7 Å². The summed E-state index contributed by atoms with van der Waals surface area (Å²) >= 11 is 0. The van der Waals surface area contributed by atoms with Gasteiger partial charge in [0.15, 0.2) is 5.82 Å². The third-order valence-electron chi connectivity index (χ3n) is 5.60. The Kier molecular flexibility index (Phi) is 6.05. The molecule has 0 radical (unpaired) electrons.